The number of hydrogen-bond acceptors (Lipinski definition) is 4. The molecule has 0 spiro atoms. The zero-order chi connectivity index (χ0) is 19.8. The van der Waals surface area contributed by atoms with Gasteiger partial charge in [-0.3, -0.25) is 0 Å². The predicted octanol–water partition coefficient (Wildman–Crippen LogP) is 5.12. The summed E-state index contributed by atoms with van der Waals surface area (Å²) in [5.41, 5.74) is 4.12. The molecule has 27 heavy (non-hydrogen) atoms. The lowest BCUT2D eigenvalue weighted by Gasteiger charge is -2.14. The molecule has 0 radical (unpaired) electrons. The van der Waals surface area contributed by atoms with Crippen molar-refractivity contribution in [3.63, 3.8) is 0 Å². The van der Waals surface area contributed by atoms with Crippen molar-refractivity contribution in [3.05, 3.63) is 65.5 Å². The summed E-state index contributed by atoms with van der Waals surface area (Å²) in [7, 11) is 0. The zero-order valence-corrected chi connectivity index (χ0v) is 13.8. The number of benzene rings is 2. The summed E-state index contributed by atoms with van der Waals surface area (Å²) in [5.74, 6) is -2.12. The van der Waals surface area contributed by atoms with Gasteiger partial charge in [0.05, 0.1) is 5.56 Å². The van der Waals surface area contributed by atoms with Gasteiger partial charge in [-0.1, -0.05) is 12.1 Å². The average molecular weight is 381 g/mol. The molecule has 0 unspecified atom stereocenters. The van der Waals surface area contributed by atoms with E-state index >= 15 is 0 Å². The smallest absolute Gasteiger partial charge is 0.416 e. The minimum atomic E-state index is -4.69. The van der Waals surface area contributed by atoms with Crippen LogP contribution < -0.4 is 10.5 Å². The van der Waals surface area contributed by atoms with Crippen molar-refractivity contribution in [2.45, 2.75) is 13.1 Å². The number of nitrogen functional groups attached to an aromatic ring is 1. The highest BCUT2D eigenvalue weighted by Crippen LogP contribution is 2.37. The van der Waals surface area contributed by atoms with Crippen LogP contribution in [0.3, 0.4) is 0 Å². The average Bonchev–Trinajstić information content (AvgIpc) is 2.59. The van der Waals surface area contributed by atoms with Crippen molar-refractivity contribution in [3.8, 4) is 22.9 Å². The standard InChI is InChI=1S/C18H12F5N3O/c1-9-25-16(11-7-6-10(8-13(11)20)18(21,22)23)15(24)17(26-9)27-14-5-3-2-4-12(14)19/h2-8H,24H2,1H3. The Bertz CT molecular complexity index is 1000. The van der Waals surface area contributed by atoms with Crippen LogP contribution >= 0.6 is 0 Å². The highest BCUT2D eigenvalue weighted by Gasteiger charge is 2.31. The van der Waals surface area contributed by atoms with Crippen LogP contribution in [0.2, 0.25) is 0 Å². The summed E-state index contributed by atoms with van der Waals surface area (Å²) >= 11 is 0. The van der Waals surface area contributed by atoms with Gasteiger partial charge in [0.25, 0.3) is 0 Å². The normalized spacial score (nSPS) is 11.5. The van der Waals surface area contributed by atoms with Crippen molar-refractivity contribution in [1.82, 2.24) is 9.97 Å². The Kier molecular flexibility index (Phi) is 4.69. The molecule has 2 aromatic carbocycles. The number of halogens is 5. The first kappa shape index (κ1) is 18.6. The third kappa shape index (κ3) is 3.81. The van der Waals surface area contributed by atoms with Gasteiger partial charge in [-0.05, 0) is 37.3 Å². The van der Waals surface area contributed by atoms with Crippen LogP contribution in [-0.2, 0) is 6.18 Å². The number of aromatic nitrogens is 2. The molecule has 0 saturated carbocycles. The van der Waals surface area contributed by atoms with Crippen molar-refractivity contribution in [1.29, 1.82) is 0 Å². The van der Waals surface area contributed by atoms with Crippen molar-refractivity contribution in [2.24, 2.45) is 0 Å². The molecule has 0 aliphatic carbocycles. The van der Waals surface area contributed by atoms with Crippen LogP contribution in [0.25, 0.3) is 11.3 Å². The van der Waals surface area contributed by atoms with E-state index in [0.717, 1.165) is 12.1 Å². The molecule has 0 fully saturated rings. The number of hydrogen-bond donors (Lipinski definition) is 1. The Hall–Kier alpha value is -3.23. The van der Waals surface area contributed by atoms with Gasteiger partial charge < -0.3 is 10.5 Å². The van der Waals surface area contributed by atoms with E-state index in [2.05, 4.69) is 9.97 Å². The van der Waals surface area contributed by atoms with Crippen LogP contribution in [0, 0.1) is 18.6 Å². The third-order valence-electron chi connectivity index (χ3n) is 3.62. The van der Waals surface area contributed by atoms with Gasteiger partial charge in [0.15, 0.2) is 11.6 Å². The maximum atomic E-state index is 14.3. The van der Waals surface area contributed by atoms with Gasteiger partial charge in [0.2, 0.25) is 5.88 Å². The van der Waals surface area contributed by atoms with Crippen LogP contribution in [-0.4, -0.2) is 9.97 Å². The van der Waals surface area contributed by atoms with E-state index in [0.29, 0.717) is 12.1 Å². The molecule has 0 bridgehead atoms. The molecule has 0 atom stereocenters. The van der Waals surface area contributed by atoms with E-state index in [-0.39, 0.29) is 34.4 Å². The number of alkyl halides is 3. The number of anilines is 1. The highest BCUT2D eigenvalue weighted by molar-refractivity contribution is 5.76. The van der Waals surface area contributed by atoms with E-state index in [1.54, 1.807) is 0 Å². The molecule has 3 aromatic rings. The Morgan fingerprint density at radius 3 is 2.30 bits per heavy atom. The fourth-order valence-corrected chi connectivity index (χ4v) is 2.35. The highest BCUT2D eigenvalue weighted by atomic mass is 19.4. The molecule has 0 amide bonds. The van der Waals surface area contributed by atoms with Crippen LogP contribution in [0.4, 0.5) is 27.6 Å². The fraction of sp³-hybridized carbons (Fsp3) is 0.111. The largest absolute Gasteiger partial charge is 0.434 e. The first-order chi connectivity index (χ1) is 12.7. The first-order valence-corrected chi connectivity index (χ1v) is 7.60. The molecule has 4 nitrogen and oxygen atoms in total. The summed E-state index contributed by atoms with van der Waals surface area (Å²) in [6, 6.07) is 7.47. The second-order valence-electron chi connectivity index (χ2n) is 5.56. The summed E-state index contributed by atoms with van der Waals surface area (Å²) in [6.45, 7) is 1.46. The van der Waals surface area contributed by atoms with Gasteiger partial charge in [0, 0.05) is 5.56 Å². The SMILES string of the molecule is Cc1nc(Oc2ccccc2F)c(N)c(-c2ccc(C(F)(F)F)cc2F)n1. The van der Waals surface area contributed by atoms with Gasteiger partial charge in [-0.15, -0.1) is 0 Å². The predicted molar refractivity (Wildman–Crippen MR) is 88.1 cm³/mol. The van der Waals surface area contributed by atoms with Crippen molar-refractivity contribution < 1.29 is 26.7 Å². The van der Waals surface area contributed by atoms with E-state index in [9.17, 15) is 22.0 Å². The number of para-hydroxylation sites is 1. The second-order valence-corrected chi connectivity index (χ2v) is 5.56. The summed E-state index contributed by atoms with van der Waals surface area (Å²) in [6.07, 6.45) is -4.69. The van der Waals surface area contributed by atoms with Gasteiger partial charge in [-0.25, -0.2) is 13.8 Å². The second kappa shape index (κ2) is 6.82. The number of nitrogens with zero attached hydrogens (tertiary/aromatic N) is 2. The number of rotatable bonds is 3. The minimum Gasteiger partial charge on any atom is -0.434 e. The fourth-order valence-electron chi connectivity index (χ4n) is 2.35. The molecule has 2 N–H and O–H groups in total. The molecule has 1 heterocycles. The van der Waals surface area contributed by atoms with E-state index in [1.165, 1.54) is 25.1 Å². The molecule has 0 aliphatic rings. The molecule has 0 saturated heterocycles. The molecular formula is C18H12F5N3O. The third-order valence-corrected chi connectivity index (χ3v) is 3.62. The summed E-state index contributed by atoms with van der Waals surface area (Å²) in [5, 5.41) is 0. The topological polar surface area (TPSA) is 61.0 Å². The molecular weight excluding hydrogens is 369 g/mol. The monoisotopic (exact) mass is 381 g/mol. The lowest BCUT2D eigenvalue weighted by atomic mass is 10.1. The molecule has 0 aliphatic heterocycles. The van der Waals surface area contributed by atoms with E-state index < -0.39 is 23.4 Å². The van der Waals surface area contributed by atoms with Gasteiger partial charge in [-0.2, -0.15) is 18.2 Å². The van der Waals surface area contributed by atoms with Crippen molar-refractivity contribution in [2.75, 3.05) is 5.73 Å². The quantitative estimate of drug-likeness (QED) is 0.640. The lowest BCUT2D eigenvalue weighted by molar-refractivity contribution is -0.137. The van der Waals surface area contributed by atoms with Gasteiger partial charge >= 0.3 is 6.18 Å². The Morgan fingerprint density at radius 2 is 1.67 bits per heavy atom. The summed E-state index contributed by atoms with van der Waals surface area (Å²) < 4.78 is 71.6. The van der Waals surface area contributed by atoms with E-state index in [1.807, 2.05) is 0 Å². The van der Waals surface area contributed by atoms with E-state index in [4.69, 9.17) is 10.5 Å². The maximum Gasteiger partial charge on any atom is 0.416 e. The Balaban J connectivity index is 2.07. The Morgan fingerprint density at radius 1 is 0.963 bits per heavy atom. The van der Waals surface area contributed by atoms with Gasteiger partial charge in [0.1, 0.15) is 23.0 Å². The summed E-state index contributed by atoms with van der Waals surface area (Å²) in [4.78, 5) is 7.94. The maximum absolute atomic E-state index is 14.3. The first-order valence-electron chi connectivity index (χ1n) is 7.60. The molecule has 9 heteroatoms. The number of ether oxygens (including phenoxy) is 1. The number of nitrogens with two attached hydrogens (primary N) is 1. The zero-order valence-electron chi connectivity index (χ0n) is 13.8. The molecule has 3 rings (SSSR count). The molecule has 1 aromatic heterocycles. The van der Waals surface area contributed by atoms with Crippen molar-refractivity contribution >= 4 is 5.69 Å². The van der Waals surface area contributed by atoms with Crippen LogP contribution in [0.5, 0.6) is 11.6 Å². The number of aryl methyl sites for hydroxylation is 1. The molecule has 140 valence electrons. The Labute approximate surface area is 150 Å². The van der Waals surface area contributed by atoms with Crippen LogP contribution in [0.15, 0.2) is 42.5 Å². The lowest BCUT2D eigenvalue weighted by Crippen LogP contribution is -2.07. The minimum absolute atomic E-state index is 0.116. The van der Waals surface area contributed by atoms with Crippen LogP contribution in [0.1, 0.15) is 11.4 Å².